The highest BCUT2D eigenvalue weighted by molar-refractivity contribution is 7.32. The number of nitrogens with zero attached hydrogens (tertiary/aromatic N) is 4. The van der Waals surface area contributed by atoms with Gasteiger partial charge in [-0.05, 0) is 71.0 Å². The van der Waals surface area contributed by atoms with Gasteiger partial charge in [-0.15, -0.1) is 4.89 Å². The highest BCUT2D eigenvalue weighted by Gasteiger charge is 2.66. The second kappa shape index (κ2) is 20.5. The van der Waals surface area contributed by atoms with Crippen molar-refractivity contribution in [3.05, 3.63) is 119 Å². The first-order valence-electron chi connectivity index (χ1n) is 22.2. The minimum atomic E-state index is -3.44. The third-order valence-corrected chi connectivity index (χ3v) is 22.6. The molecule has 5 atom stereocenters. The fraction of sp³-hybridized carbons (Fsp3) is 0.489. The molecule has 3 aromatic carbocycles. The first-order valence-corrected chi connectivity index (χ1v) is 28.1. The van der Waals surface area contributed by atoms with Crippen molar-refractivity contribution in [2.75, 3.05) is 31.6 Å². The minimum absolute atomic E-state index is 0.0450. The summed E-state index contributed by atoms with van der Waals surface area (Å²) in [5.74, 6) is -1.78. The number of carbonyl (C=O) groups is 1. The molecule has 3 aliphatic heterocycles. The van der Waals surface area contributed by atoms with E-state index in [2.05, 4.69) is 41.0 Å². The molecular weight excluding hydrogens is 866 g/mol. The molecule has 4 heterocycles. The zero-order chi connectivity index (χ0) is 46.3. The molecule has 0 radical (unpaired) electrons. The van der Waals surface area contributed by atoms with Crippen molar-refractivity contribution in [3.63, 3.8) is 0 Å². The molecule has 344 valence electrons. The number of amidine groups is 1. The Hall–Kier alpha value is -4.23. The molecule has 64 heavy (non-hydrogen) atoms. The number of nitrogens with one attached hydrogen (secondary N) is 1. The fourth-order valence-electron chi connectivity index (χ4n) is 8.36. The van der Waals surface area contributed by atoms with Gasteiger partial charge in [0.2, 0.25) is 0 Å². The van der Waals surface area contributed by atoms with Crippen LogP contribution >= 0.6 is 8.25 Å². The lowest BCUT2D eigenvalue weighted by Gasteiger charge is -2.44. The third-order valence-electron chi connectivity index (χ3n) is 12.7. The Kier molecular flexibility index (Phi) is 15.8. The van der Waals surface area contributed by atoms with Crippen LogP contribution in [0, 0.1) is 0 Å². The van der Waals surface area contributed by atoms with Gasteiger partial charge < -0.3 is 28.9 Å². The average Bonchev–Trinajstić information content (AvgIpc) is 3.37. The molecule has 17 heteroatoms. The Morgan fingerprint density at radius 1 is 0.875 bits per heavy atom. The molecule has 7 rings (SSSR count). The molecule has 14 nitrogen and oxygen atoms in total. The summed E-state index contributed by atoms with van der Waals surface area (Å²) in [5, 5.41) is 16.3. The molecule has 2 fully saturated rings. The number of hydrogen-bond acceptors (Lipinski definition) is 11. The van der Waals surface area contributed by atoms with Gasteiger partial charge in [-0.3, -0.25) is 14.4 Å². The van der Waals surface area contributed by atoms with E-state index in [1.165, 1.54) is 63.3 Å². The summed E-state index contributed by atoms with van der Waals surface area (Å²) in [6, 6.07) is 29.7. The van der Waals surface area contributed by atoms with E-state index in [1.807, 2.05) is 94.5 Å². The number of rotatable bonds is 12. The van der Waals surface area contributed by atoms with E-state index in [9.17, 15) is 24.2 Å². The van der Waals surface area contributed by atoms with Crippen LogP contribution in [-0.4, -0.2) is 97.1 Å². The van der Waals surface area contributed by atoms with Crippen LogP contribution in [0.1, 0.15) is 90.2 Å². The van der Waals surface area contributed by atoms with Crippen LogP contribution < -0.4 is 21.4 Å². The number of fused-ring (bicyclic) bond motifs is 1. The molecule has 0 aliphatic carbocycles. The Morgan fingerprint density at radius 3 is 2.03 bits per heavy atom. The lowest BCUT2D eigenvalue weighted by Crippen LogP contribution is -2.67. The maximum atomic E-state index is 13.7. The summed E-state index contributed by atoms with van der Waals surface area (Å²) in [6.45, 7) is 19.8. The van der Waals surface area contributed by atoms with Crippen molar-refractivity contribution in [1.82, 2.24) is 14.5 Å². The molecule has 1 unspecified atom stereocenters. The molecule has 0 saturated carbocycles. The van der Waals surface area contributed by atoms with Crippen molar-refractivity contribution in [1.29, 1.82) is 0 Å². The standard InChI is InChI=1S/C38H48N3O9PSi2.C9H16N2/c1-36(2,3)52(7,8)49-32-30(26-47-53(37(4,5)6,28-20-14-10-15-21-28)29-22-16-11-17-23-29)48-34(38(32,44)50-51(45)46)41-25-24-31(40-35(41)43)39-33(42)27-18-12-9-13-19-27;1-2-5-9-10-6-4-8-11(9)7-3-1/h9-25,30,32,34,44H,26H2,1-8H3,(H-,39,40,42,43,45,46);1-8H2/p+1/t30-,32-,34-,38-;/m1./s1. The van der Waals surface area contributed by atoms with Gasteiger partial charge in [-0.1, -0.05) is 131 Å². The second-order valence-electron chi connectivity index (χ2n) is 19.2. The molecule has 0 spiro atoms. The van der Waals surface area contributed by atoms with Gasteiger partial charge >= 0.3 is 13.9 Å². The third kappa shape index (κ3) is 11.1. The Balaban J connectivity index is 0.000000533. The van der Waals surface area contributed by atoms with Crippen LogP contribution in [0.5, 0.6) is 0 Å². The molecular formula is C47H65N5O9PSi2+. The monoisotopic (exact) mass is 930 g/mol. The van der Waals surface area contributed by atoms with Gasteiger partial charge in [0.25, 0.3) is 20.0 Å². The van der Waals surface area contributed by atoms with Crippen LogP contribution in [0.25, 0.3) is 0 Å². The summed E-state index contributed by atoms with van der Waals surface area (Å²) in [5.41, 5.74) is -0.558. The zero-order valence-corrected chi connectivity index (χ0v) is 41.3. The topological polar surface area (TPSA) is 174 Å². The first kappa shape index (κ1) is 49.2. The summed E-state index contributed by atoms with van der Waals surface area (Å²) in [7, 11) is -9.38. The SMILES string of the molecule is C1CCC2=NCCCN2CC1.CC(C)(C)[Si](C)(C)O[C@@H]1[C@@H](CO[Si](c2ccccc2)(c2ccccc2)C(C)(C)C)O[C@@H](n2ccc(NC(=O)c3ccccc3)nc2=O)[C@]1(O)O[P+](=O)O. The first-order chi connectivity index (χ1) is 30.3. The smallest absolute Gasteiger partial charge is 0.406 e. The lowest BCUT2D eigenvalue weighted by atomic mass is 10.1. The number of aliphatic imine (C=N–C) groups is 1. The minimum Gasteiger partial charge on any atom is -0.406 e. The van der Waals surface area contributed by atoms with Gasteiger partial charge in [0.15, 0.2) is 14.5 Å². The largest absolute Gasteiger partial charge is 0.698 e. The van der Waals surface area contributed by atoms with Crippen LogP contribution in [0.4, 0.5) is 5.82 Å². The summed E-state index contributed by atoms with van der Waals surface area (Å²) in [6.07, 6.45) is 3.72. The number of aromatic nitrogens is 2. The number of benzene rings is 3. The van der Waals surface area contributed by atoms with E-state index in [4.69, 9.17) is 18.1 Å². The van der Waals surface area contributed by atoms with E-state index in [0.717, 1.165) is 21.5 Å². The van der Waals surface area contributed by atoms with E-state index in [-0.39, 0.29) is 17.5 Å². The Bertz CT molecular complexity index is 2250. The molecule has 1 aromatic heterocycles. The molecule has 2 saturated heterocycles. The number of anilines is 1. The molecule has 3 aliphatic rings. The molecule has 0 bridgehead atoms. The van der Waals surface area contributed by atoms with Gasteiger partial charge in [-0.25, -0.2) is 4.79 Å². The number of aliphatic hydroxyl groups is 1. The van der Waals surface area contributed by atoms with Gasteiger partial charge in [0, 0.05) is 42.4 Å². The predicted octanol–water partition coefficient (Wildman–Crippen LogP) is 7.38. The normalized spacial score (nSPS) is 22.0. The molecule has 1 amide bonds. The van der Waals surface area contributed by atoms with Crippen LogP contribution in [-0.2, 0) is 22.7 Å². The quantitative estimate of drug-likeness (QED) is 0.0735. The summed E-state index contributed by atoms with van der Waals surface area (Å²) in [4.78, 5) is 47.7. The van der Waals surface area contributed by atoms with Crippen molar-refractivity contribution < 1.29 is 37.5 Å². The average molecular weight is 931 g/mol. The van der Waals surface area contributed by atoms with E-state index >= 15 is 0 Å². The predicted molar refractivity (Wildman–Crippen MR) is 255 cm³/mol. The maximum Gasteiger partial charge on any atom is 0.698 e. The maximum absolute atomic E-state index is 13.7. The van der Waals surface area contributed by atoms with Crippen molar-refractivity contribution in [2.24, 2.45) is 4.99 Å². The Morgan fingerprint density at radius 2 is 1.47 bits per heavy atom. The van der Waals surface area contributed by atoms with Gasteiger partial charge in [0.05, 0.1) is 12.4 Å². The van der Waals surface area contributed by atoms with E-state index < -0.39 is 65.7 Å². The highest BCUT2D eigenvalue weighted by atomic mass is 31.1. The van der Waals surface area contributed by atoms with Gasteiger partial charge in [-0.2, -0.15) is 4.98 Å². The number of carbonyl (C=O) groups excluding carboxylic acids is 1. The van der Waals surface area contributed by atoms with Crippen molar-refractivity contribution in [3.8, 4) is 0 Å². The van der Waals surface area contributed by atoms with E-state index in [0.29, 0.717) is 5.56 Å². The Labute approximate surface area is 380 Å². The number of ether oxygens (including phenoxy) is 1. The van der Waals surface area contributed by atoms with Crippen molar-refractivity contribution in [2.45, 2.75) is 121 Å². The summed E-state index contributed by atoms with van der Waals surface area (Å²) < 4.78 is 39.4. The molecule has 3 N–H and O–H groups in total. The number of hydrogen-bond donors (Lipinski definition) is 3. The highest BCUT2D eigenvalue weighted by Crippen LogP contribution is 2.49. The van der Waals surface area contributed by atoms with Gasteiger partial charge in [0.1, 0.15) is 18.0 Å². The molecule has 4 aromatic rings. The second-order valence-corrected chi connectivity index (χ2v) is 28.9. The fourth-order valence-corrected chi connectivity index (χ4v) is 14.7. The lowest BCUT2D eigenvalue weighted by molar-refractivity contribution is -0.228. The van der Waals surface area contributed by atoms with Crippen LogP contribution in [0.15, 0.2) is 113 Å². The van der Waals surface area contributed by atoms with Crippen LogP contribution in [0.2, 0.25) is 23.2 Å². The van der Waals surface area contributed by atoms with Crippen molar-refractivity contribution >= 4 is 52.8 Å². The summed E-state index contributed by atoms with van der Waals surface area (Å²) >= 11 is 0. The zero-order valence-electron chi connectivity index (χ0n) is 38.4. The van der Waals surface area contributed by atoms with E-state index in [1.54, 1.807) is 30.3 Å². The van der Waals surface area contributed by atoms with Crippen LogP contribution in [0.3, 0.4) is 0 Å². The number of amides is 1.